The summed E-state index contributed by atoms with van der Waals surface area (Å²) in [5.74, 6) is 1.66. The van der Waals surface area contributed by atoms with Crippen LogP contribution in [0.3, 0.4) is 0 Å². The zero-order chi connectivity index (χ0) is 18.0. The molecule has 0 amide bonds. The molecule has 1 fully saturated rings. The van der Waals surface area contributed by atoms with E-state index in [2.05, 4.69) is 57.8 Å². The van der Waals surface area contributed by atoms with Gasteiger partial charge < -0.3 is 19.8 Å². The van der Waals surface area contributed by atoms with Crippen molar-refractivity contribution in [2.45, 2.75) is 19.5 Å². The third kappa shape index (κ3) is 6.82. The van der Waals surface area contributed by atoms with E-state index in [1.54, 1.807) is 6.26 Å². The van der Waals surface area contributed by atoms with Crippen LogP contribution in [0.1, 0.15) is 24.3 Å². The lowest BCUT2D eigenvalue weighted by Crippen LogP contribution is -2.46. The molecule has 0 aliphatic carbocycles. The zero-order valence-electron chi connectivity index (χ0n) is 15.8. The van der Waals surface area contributed by atoms with E-state index in [-0.39, 0.29) is 30.0 Å². The highest BCUT2D eigenvalue weighted by Gasteiger charge is 2.22. The number of ether oxygens (including phenoxy) is 1. The summed E-state index contributed by atoms with van der Waals surface area (Å²) >= 11 is 0. The quantitative estimate of drug-likeness (QED) is 0.360. The van der Waals surface area contributed by atoms with Gasteiger partial charge in [-0.25, -0.2) is 4.99 Å². The molecule has 0 spiro atoms. The van der Waals surface area contributed by atoms with Crippen LogP contribution in [0, 0.1) is 0 Å². The van der Waals surface area contributed by atoms with Gasteiger partial charge in [-0.1, -0.05) is 30.3 Å². The molecule has 0 radical (unpaired) electrons. The van der Waals surface area contributed by atoms with Gasteiger partial charge >= 0.3 is 0 Å². The van der Waals surface area contributed by atoms with Crippen molar-refractivity contribution < 1.29 is 9.15 Å². The molecule has 1 atom stereocenters. The molecule has 148 valence electrons. The maximum atomic E-state index is 5.52. The van der Waals surface area contributed by atoms with Crippen molar-refractivity contribution in [3.05, 3.63) is 60.1 Å². The summed E-state index contributed by atoms with van der Waals surface area (Å²) < 4.78 is 10.9. The second kappa shape index (κ2) is 12.0. The third-order valence-electron chi connectivity index (χ3n) is 4.45. The number of hydrogen-bond donors (Lipinski definition) is 2. The topological polar surface area (TPSA) is 62.0 Å². The summed E-state index contributed by atoms with van der Waals surface area (Å²) in [6.45, 7) is 7.66. The number of aliphatic imine (C=N–C) groups is 1. The second-order valence-electron chi connectivity index (χ2n) is 6.23. The van der Waals surface area contributed by atoms with E-state index >= 15 is 0 Å². The molecule has 27 heavy (non-hydrogen) atoms. The molecule has 0 saturated carbocycles. The van der Waals surface area contributed by atoms with Crippen LogP contribution in [0.5, 0.6) is 0 Å². The van der Waals surface area contributed by atoms with Crippen molar-refractivity contribution in [3.8, 4) is 0 Å². The molecule has 1 aliphatic heterocycles. The van der Waals surface area contributed by atoms with Crippen molar-refractivity contribution in [1.82, 2.24) is 15.5 Å². The van der Waals surface area contributed by atoms with Crippen LogP contribution in [0.4, 0.5) is 0 Å². The molecular weight excluding hydrogens is 455 g/mol. The minimum absolute atomic E-state index is 0. The van der Waals surface area contributed by atoms with Gasteiger partial charge in [0.05, 0.1) is 25.5 Å². The van der Waals surface area contributed by atoms with Crippen LogP contribution in [-0.2, 0) is 11.3 Å². The van der Waals surface area contributed by atoms with E-state index in [1.165, 1.54) is 5.56 Å². The lowest BCUT2D eigenvalue weighted by Gasteiger charge is -2.35. The largest absolute Gasteiger partial charge is 0.467 e. The first kappa shape index (κ1) is 21.7. The average Bonchev–Trinajstić information content (AvgIpc) is 3.21. The highest BCUT2D eigenvalue weighted by atomic mass is 127. The van der Waals surface area contributed by atoms with Gasteiger partial charge in [0, 0.05) is 26.2 Å². The molecule has 1 aromatic carbocycles. The molecule has 1 unspecified atom stereocenters. The van der Waals surface area contributed by atoms with Crippen LogP contribution in [-0.4, -0.2) is 50.3 Å². The lowest BCUT2D eigenvalue weighted by molar-refractivity contribution is 0.0170. The highest BCUT2D eigenvalue weighted by Crippen LogP contribution is 2.21. The Labute approximate surface area is 178 Å². The number of morpholine rings is 1. The maximum absolute atomic E-state index is 5.52. The Morgan fingerprint density at radius 2 is 1.89 bits per heavy atom. The van der Waals surface area contributed by atoms with E-state index < -0.39 is 0 Å². The van der Waals surface area contributed by atoms with Gasteiger partial charge in [-0.15, -0.1) is 24.0 Å². The number of guanidine groups is 1. The number of furan rings is 1. The van der Waals surface area contributed by atoms with Gasteiger partial charge in [0.15, 0.2) is 5.96 Å². The van der Waals surface area contributed by atoms with Crippen LogP contribution in [0.25, 0.3) is 0 Å². The first-order valence-corrected chi connectivity index (χ1v) is 9.28. The maximum Gasteiger partial charge on any atom is 0.191 e. The Morgan fingerprint density at radius 3 is 2.56 bits per heavy atom. The monoisotopic (exact) mass is 484 g/mol. The molecule has 2 N–H and O–H groups in total. The molecule has 3 rings (SSSR count). The van der Waals surface area contributed by atoms with Gasteiger partial charge in [0.2, 0.25) is 0 Å². The molecule has 7 heteroatoms. The molecular formula is C20H29IN4O2. The van der Waals surface area contributed by atoms with Crippen molar-refractivity contribution >= 4 is 29.9 Å². The van der Waals surface area contributed by atoms with Crippen LogP contribution in [0.2, 0.25) is 0 Å². The molecule has 2 heterocycles. The minimum Gasteiger partial charge on any atom is -0.467 e. The van der Waals surface area contributed by atoms with Gasteiger partial charge in [-0.05, 0) is 24.6 Å². The smallest absolute Gasteiger partial charge is 0.191 e. The Morgan fingerprint density at radius 1 is 1.11 bits per heavy atom. The van der Waals surface area contributed by atoms with Crippen molar-refractivity contribution in [1.29, 1.82) is 0 Å². The normalized spacial score (nSPS) is 16.4. The van der Waals surface area contributed by atoms with Crippen LogP contribution >= 0.6 is 24.0 Å². The summed E-state index contributed by atoms with van der Waals surface area (Å²) in [4.78, 5) is 7.10. The predicted octanol–water partition coefficient (Wildman–Crippen LogP) is 3.03. The molecule has 6 nitrogen and oxygen atoms in total. The summed E-state index contributed by atoms with van der Waals surface area (Å²) in [6.07, 6.45) is 1.68. The van der Waals surface area contributed by atoms with Crippen LogP contribution in [0.15, 0.2) is 58.1 Å². The summed E-state index contributed by atoms with van der Waals surface area (Å²) in [5.41, 5.74) is 1.31. The van der Waals surface area contributed by atoms with Crippen molar-refractivity contribution in [2.75, 3.05) is 39.4 Å². The second-order valence-corrected chi connectivity index (χ2v) is 6.23. The zero-order valence-corrected chi connectivity index (χ0v) is 18.1. The van der Waals surface area contributed by atoms with Crippen LogP contribution < -0.4 is 10.6 Å². The Bertz CT molecular complexity index is 658. The summed E-state index contributed by atoms with van der Waals surface area (Å²) in [6, 6.07) is 14.7. The standard InChI is InChI=1S/C20H28N4O2.HI/c1-2-21-20(22-15-18-9-6-12-26-18)23-16-19(17-7-4-3-5-8-17)24-10-13-25-14-11-24;/h3-9,12,19H,2,10-11,13-16H2,1H3,(H2,21,22,23);1H. The summed E-state index contributed by atoms with van der Waals surface area (Å²) in [5, 5.41) is 6.80. The SMILES string of the molecule is CCNC(=NCc1ccco1)NCC(c1ccccc1)N1CCOCC1.I. The molecule has 2 aromatic rings. The van der Waals surface area contributed by atoms with Crippen molar-refractivity contribution in [2.24, 2.45) is 4.99 Å². The predicted molar refractivity (Wildman–Crippen MR) is 119 cm³/mol. The summed E-state index contributed by atoms with van der Waals surface area (Å²) in [7, 11) is 0. The molecule has 1 saturated heterocycles. The fourth-order valence-corrected chi connectivity index (χ4v) is 3.12. The number of halogens is 1. The van der Waals surface area contributed by atoms with E-state index in [0.717, 1.165) is 51.1 Å². The number of nitrogens with one attached hydrogen (secondary N) is 2. The minimum atomic E-state index is 0. The molecule has 1 aliphatic rings. The number of benzene rings is 1. The Kier molecular flexibility index (Phi) is 9.65. The fraction of sp³-hybridized carbons (Fsp3) is 0.450. The van der Waals surface area contributed by atoms with Gasteiger partial charge in [0.25, 0.3) is 0 Å². The number of hydrogen-bond acceptors (Lipinski definition) is 4. The van der Waals surface area contributed by atoms with Gasteiger partial charge in [-0.3, -0.25) is 4.90 Å². The van der Waals surface area contributed by atoms with E-state index in [0.29, 0.717) is 6.54 Å². The van der Waals surface area contributed by atoms with E-state index in [1.807, 2.05) is 12.1 Å². The van der Waals surface area contributed by atoms with E-state index in [9.17, 15) is 0 Å². The third-order valence-corrected chi connectivity index (χ3v) is 4.45. The Hall–Kier alpha value is -1.58. The average molecular weight is 484 g/mol. The van der Waals surface area contributed by atoms with Gasteiger partial charge in [0.1, 0.15) is 12.3 Å². The fourth-order valence-electron chi connectivity index (χ4n) is 3.12. The van der Waals surface area contributed by atoms with Gasteiger partial charge in [-0.2, -0.15) is 0 Å². The Balaban J connectivity index is 0.00000261. The van der Waals surface area contributed by atoms with Crippen molar-refractivity contribution in [3.63, 3.8) is 0 Å². The lowest BCUT2D eigenvalue weighted by atomic mass is 10.0. The first-order valence-electron chi connectivity index (χ1n) is 9.28. The molecule has 0 bridgehead atoms. The van der Waals surface area contributed by atoms with E-state index in [4.69, 9.17) is 9.15 Å². The molecule has 1 aromatic heterocycles. The number of rotatable bonds is 7. The highest BCUT2D eigenvalue weighted by molar-refractivity contribution is 14.0. The first-order chi connectivity index (χ1) is 12.9. The number of nitrogens with zero attached hydrogens (tertiary/aromatic N) is 2.